The van der Waals surface area contributed by atoms with Gasteiger partial charge in [0.2, 0.25) is 0 Å². The third-order valence-corrected chi connectivity index (χ3v) is 7.36. The molecule has 9 heteroatoms. The van der Waals surface area contributed by atoms with E-state index in [0.717, 1.165) is 19.3 Å². The Balaban J connectivity index is 1.48. The number of piperidine rings is 2. The summed E-state index contributed by atoms with van der Waals surface area (Å²) in [5.74, 6) is -1.29. The molecule has 3 atom stereocenters. The quantitative estimate of drug-likeness (QED) is 0.462. The van der Waals surface area contributed by atoms with Crippen LogP contribution in [0.4, 0.5) is 23.7 Å². The van der Waals surface area contributed by atoms with Crippen LogP contribution in [0.5, 0.6) is 0 Å². The molecule has 37 heavy (non-hydrogen) atoms. The topological polar surface area (TPSA) is 69.5 Å². The Morgan fingerprint density at radius 2 is 1.89 bits per heavy atom. The van der Waals surface area contributed by atoms with Gasteiger partial charge in [0.15, 0.2) is 0 Å². The van der Waals surface area contributed by atoms with Crippen molar-refractivity contribution in [3.8, 4) is 6.07 Å². The molecule has 2 aliphatic rings. The van der Waals surface area contributed by atoms with Gasteiger partial charge in [-0.25, -0.2) is 4.79 Å². The number of halogens is 3. The maximum atomic E-state index is 14.0. The molecule has 0 bridgehead atoms. The average Bonchev–Trinajstić information content (AvgIpc) is 2.85. The van der Waals surface area contributed by atoms with E-state index in [9.17, 15) is 23.2 Å². The van der Waals surface area contributed by atoms with Gasteiger partial charge in [0, 0.05) is 43.4 Å². The van der Waals surface area contributed by atoms with Crippen molar-refractivity contribution in [1.82, 2.24) is 9.88 Å². The molecule has 2 aromatic rings. The lowest BCUT2D eigenvalue weighted by molar-refractivity contribution is -0.179. The van der Waals surface area contributed by atoms with Crippen LogP contribution < -0.4 is 4.90 Å². The summed E-state index contributed by atoms with van der Waals surface area (Å²) in [6.07, 6.45) is 0.376. The summed E-state index contributed by atoms with van der Waals surface area (Å²) in [5, 5.41) is 10.1. The van der Waals surface area contributed by atoms with Gasteiger partial charge < -0.3 is 14.5 Å². The minimum atomic E-state index is -4.28. The van der Waals surface area contributed by atoms with Gasteiger partial charge in [-0.1, -0.05) is 0 Å². The van der Waals surface area contributed by atoms with Crippen LogP contribution >= 0.6 is 0 Å². The van der Waals surface area contributed by atoms with Crippen LogP contribution in [0, 0.1) is 29.1 Å². The standard InChI is InChI=1S/C28H35F3N4O2/c1-27(2,3)37-26(36)34-13-5-6-19(16-34)8-9-20-14-22(28(29,30)31)18-35(17-20)24-11-10-21(15-32)25-23(24)7-4-12-33-25/h4,7,10-12,19-20,22H,5-6,8-9,13-14,16-18H2,1-3H3/t19?,20-,22+/m1/s1. The highest BCUT2D eigenvalue weighted by atomic mass is 19.4. The summed E-state index contributed by atoms with van der Waals surface area (Å²) in [4.78, 5) is 20.4. The molecular weight excluding hydrogens is 481 g/mol. The molecule has 1 aromatic carbocycles. The Morgan fingerprint density at radius 1 is 1.14 bits per heavy atom. The maximum Gasteiger partial charge on any atom is 0.410 e. The van der Waals surface area contributed by atoms with Crippen LogP contribution in [0.3, 0.4) is 0 Å². The second-order valence-corrected chi connectivity index (χ2v) is 11.4. The highest BCUT2D eigenvalue weighted by Gasteiger charge is 2.44. The second-order valence-electron chi connectivity index (χ2n) is 11.4. The first-order chi connectivity index (χ1) is 17.4. The number of rotatable bonds is 4. The smallest absolute Gasteiger partial charge is 0.410 e. The zero-order valence-electron chi connectivity index (χ0n) is 21.7. The van der Waals surface area contributed by atoms with E-state index in [1.54, 1.807) is 29.3 Å². The molecular formula is C28H35F3N4O2. The van der Waals surface area contributed by atoms with Crippen LogP contribution in [0.2, 0.25) is 0 Å². The molecule has 0 saturated carbocycles. The van der Waals surface area contributed by atoms with E-state index in [2.05, 4.69) is 11.1 Å². The van der Waals surface area contributed by atoms with E-state index in [4.69, 9.17) is 4.74 Å². The fourth-order valence-corrected chi connectivity index (χ4v) is 5.63. The number of aromatic nitrogens is 1. The predicted octanol–water partition coefficient (Wildman–Crippen LogP) is 6.54. The van der Waals surface area contributed by atoms with E-state index < -0.39 is 17.7 Å². The number of nitriles is 1. The molecule has 1 amide bonds. The fraction of sp³-hybridized carbons (Fsp3) is 0.607. The molecule has 6 nitrogen and oxygen atoms in total. The Morgan fingerprint density at radius 3 is 2.59 bits per heavy atom. The first-order valence-electron chi connectivity index (χ1n) is 13.0. The van der Waals surface area contributed by atoms with Gasteiger partial charge in [0.05, 0.1) is 17.0 Å². The lowest BCUT2D eigenvalue weighted by Crippen LogP contribution is -2.46. The first kappa shape index (κ1) is 27.0. The number of hydrogen-bond donors (Lipinski definition) is 0. The van der Waals surface area contributed by atoms with Gasteiger partial charge in [0.1, 0.15) is 11.7 Å². The van der Waals surface area contributed by atoms with Crippen molar-refractivity contribution in [3.05, 3.63) is 36.0 Å². The van der Waals surface area contributed by atoms with Crippen LogP contribution in [-0.2, 0) is 4.74 Å². The highest BCUT2D eigenvalue weighted by Crippen LogP contribution is 2.40. The number of fused-ring (bicyclic) bond motifs is 1. The summed E-state index contributed by atoms with van der Waals surface area (Å²) >= 11 is 0. The largest absolute Gasteiger partial charge is 0.444 e. The Kier molecular flexibility index (Phi) is 7.86. The number of alkyl halides is 3. The number of hydrogen-bond acceptors (Lipinski definition) is 5. The molecule has 2 saturated heterocycles. The molecule has 1 aromatic heterocycles. The van der Waals surface area contributed by atoms with Crippen LogP contribution in [0.15, 0.2) is 30.5 Å². The molecule has 2 fully saturated rings. The van der Waals surface area contributed by atoms with E-state index in [-0.39, 0.29) is 30.9 Å². The molecule has 1 unspecified atom stereocenters. The minimum Gasteiger partial charge on any atom is -0.444 e. The third kappa shape index (κ3) is 6.65. The normalized spacial score (nSPS) is 23.1. The van der Waals surface area contributed by atoms with Crippen LogP contribution in [0.1, 0.15) is 58.4 Å². The summed E-state index contributed by atoms with van der Waals surface area (Å²) in [7, 11) is 0. The van der Waals surface area contributed by atoms with Gasteiger partial charge in [-0.2, -0.15) is 18.4 Å². The molecule has 4 rings (SSSR count). The molecule has 3 heterocycles. The molecule has 200 valence electrons. The average molecular weight is 517 g/mol. The van der Waals surface area contributed by atoms with Crippen molar-refractivity contribution in [2.45, 2.75) is 64.7 Å². The number of amides is 1. The van der Waals surface area contributed by atoms with Gasteiger partial charge in [-0.15, -0.1) is 0 Å². The second kappa shape index (κ2) is 10.8. The zero-order valence-corrected chi connectivity index (χ0v) is 21.7. The van der Waals surface area contributed by atoms with Gasteiger partial charge in [-0.05, 0) is 89.0 Å². The lowest BCUT2D eigenvalue weighted by atomic mass is 9.82. The number of likely N-dealkylation sites (tertiary alicyclic amines) is 1. The van der Waals surface area contributed by atoms with Crippen molar-refractivity contribution in [3.63, 3.8) is 0 Å². The lowest BCUT2D eigenvalue weighted by Gasteiger charge is -2.41. The summed E-state index contributed by atoms with van der Waals surface area (Å²) < 4.78 is 47.4. The van der Waals surface area contributed by atoms with E-state index in [1.807, 2.05) is 31.7 Å². The Hall–Kier alpha value is -3.02. The molecule has 0 radical (unpaired) electrons. The summed E-state index contributed by atoms with van der Waals surface area (Å²) in [6, 6.07) is 9.08. The summed E-state index contributed by atoms with van der Waals surface area (Å²) in [6.45, 7) is 7.16. The number of benzene rings is 1. The monoisotopic (exact) mass is 516 g/mol. The van der Waals surface area contributed by atoms with Gasteiger partial charge >= 0.3 is 12.3 Å². The first-order valence-corrected chi connectivity index (χ1v) is 13.0. The SMILES string of the molecule is CC(C)(C)OC(=O)N1CCCC(CC[C@@H]2C[C@H](C(F)(F)F)CN(c3ccc(C#N)c4ncccc34)C2)C1. The molecule has 0 spiro atoms. The molecule has 2 aliphatic heterocycles. The van der Waals surface area contributed by atoms with Crippen molar-refractivity contribution in [2.24, 2.45) is 17.8 Å². The number of ether oxygens (including phenoxy) is 1. The van der Waals surface area contributed by atoms with Crippen molar-refractivity contribution in [2.75, 3.05) is 31.1 Å². The predicted molar refractivity (Wildman–Crippen MR) is 136 cm³/mol. The van der Waals surface area contributed by atoms with Gasteiger partial charge in [0.25, 0.3) is 0 Å². The van der Waals surface area contributed by atoms with E-state index >= 15 is 0 Å². The third-order valence-electron chi connectivity index (χ3n) is 7.36. The van der Waals surface area contributed by atoms with E-state index in [0.29, 0.717) is 48.2 Å². The van der Waals surface area contributed by atoms with Gasteiger partial charge in [-0.3, -0.25) is 4.98 Å². The van der Waals surface area contributed by atoms with Crippen LogP contribution in [-0.4, -0.2) is 53.9 Å². The summed E-state index contributed by atoms with van der Waals surface area (Å²) in [5.41, 5.74) is 1.05. The number of carbonyl (C=O) groups is 1. The molecule has 0 N–H and O–H groups in total. The Labute approximate surface area is 216 Å². The number of carbonyl (C=O) groups excluding carboxylic acids is 1. The maximum absolute atomic E-state index is 14.0. The fourth-order valence-electron chi connectivity index (χ4n) is 5.63. The number of anilines is 1. The number of pyridine rings is 1. The molecule has 0 aliphatic carbocycles. The van der Waals surface area contributed by atoms with Crippen molar-refractivity contribution in [1.29, 1.82) is 5.26 Å². The Bertz CT molecular complexity index is 1150. The minimum absolute atomic E-state index is 0.105. The van der Waals surface area contributed by atoms with Crippen LogP contribution in [0.25, 0.3) is 10.9 Å². The highest BCUT2D eigenvalue weighted by molar-refractivity contribution is 5.95. The zero-order chi connectivity index (χ0) is 26.8. The van der Waals surface area contributed by atoms with Crippen molar-refractivity contribution < 1.29 is 22.7 Å². The van der Waals surface area contributed by atoms with Crippen molar-refractivity contribution >= 4 is 22.7 Å². The van der Waals surface area contributed by atoms with E-state index in [1.165, 1.54) is 0 Å². The number of nitrogens with zero attached hydrogens (tertiary/aromatic N) is 4.